The van der Waals surface area contributed by atoms with E-state index in [0.29, 0.717) is 18.7 Å². The first kappa shape index (κ1) is 11.6. The maximum absolute atomic E-state index is 11.6. The molecule has 1 saturated carbocycles. The van der Waals surface area contributed by atoms with Crippen molar-refractivity contribution >= 4 is 11.9 Å². The number of nitrogens with zero attached hydrogens (tertiary/aromatic N) is 1. The van der Waals surface area contributed by atoms with Crippen molar-refractivity contribution in [3.63, 3.8) is 0 Å². The zero-order valence-corrected chi connectivity index (χ0v) is 9.35. The van der Waals surface area contributed by atoms with E-state index >= 15 is 0 Å². The number of amides is 1. The molecular weight excluding hydrogens is 222 g/mol. The Bertz CT molecular complexity index is 402. The van der Waals surface area contributed by atoms with Crippen LogP contribution in [0.4, 0.5) is 0 Å². The lowest BCUT2D eigenvalue weighted by molar-refractivity contribution is -0.142. The second kappa shape index (κ2) is 4.99. The molecule has 0 saturated heterocycles. The summed E-state index contributed by atoms with van der Waals surface area (Å²) in [4.78, 5) is 22.6. The lowest BCUT2D eigenvalue weighted by Crippen LogP contribution is -2.33. The number of hydrogen-bond donors (Lipinski definition) is 3. The van der Waals surface area contributed by atoms with Gasteiger partial charge in [0, 0.05) is 12.7 Å². The number of carboxylic acids is 1. The van der Waals surface area contributed by atoms with E-state index in [0.717, 1.165) is 12.8 Å². The fourth-order valence-corrected chi connectivity index (χ4v) is 2.31. The zero-order valence-electron chi connectivity index (χ0n) is 9.35. The smallest absolute Gasteiger partial charge is 0.306 e. The number of carbonyl (C=O) groups excluding carboxylic acids is 1. The first-order valence-electron chi connectivity index (χ1n) is 5.69. The molecule has 2 unspecified atom stereocenters. The molecule has 2 atom stereocenters. The van der Waals surface area contributed by atoms with Crippen LogP contribution in [0, 0.1) is 11.8 Å². The van der Waals surface area contributed by atoms with Gasteiger partial charge in [-0.2, -0.15) is 5.10 Å². The summed E-state index contributed by atoms with van der Waals surface area (Å²) in [6.45, 7) is 0.412. The third-order valence-electron chi connectivity index (χ3n) is 3.25. The molecule has 0 aromatic carbocycles. The van der Waals surface area contributed by atoms with Crippen LogP contribution < -0.4 is 5.32 Å². The van der Waals surface area contributed by atoms with Gasteiger partial charge in [0.2, 0.25) is 0 Å². The minimum atomic E-state index is -0.761. The monoisotopic (exact) mass is 237 g/mol. The van der Waals surface area contributed by atoms with Crippen molar-refractivity contribution in [3.8, 4) is 0 Å². The molecular formula is C11H15N3O3. The summed E-state index contributed by atoms with van der Waals surface area (Å²) < 4.78 is 0. The van der Waals surface area contributed by atoms with E-state index in [1.54, 1.807) is 6.07 Å². The van der Waals surface area contributed by atoms with Crippen LogP contribution in [-0.4, -0.2) is 33.7 Å². The second-order valence-corrected chi connectivity index (χ2v) is 4.32. The quantitative estimate of drug-likeness (QED) is 0.716. The fraction of sp³-hybridized carbons (Fsp3) is 0.545. The predicted octanol–water partition coefficient (Wildman–Crippen LogP) is 0.640. The first-order valence-corrected chi connectivity index (χ1v) is 5.69. The normalized spacial score (nSPS) is 23.5. The Labute approximate surface area is 98.4 Å². The van der Waals surface area contributed by atoms with Crippen molar-refractivity contribution < 1.29 is 14.7 Å². The Balaban J connectivity index is 1.86. The van der Waals surface area contributed by atoms with Gasteiger partial charge < -0.3 is 10.4 Å². The average molecular weight is 237 g/mol. The molecule has 2 rings (SSSR count). The van der Waals surface area contributed by atoms with Gasteiger partial charge in [-0.1, -0.05) is 6.42 Å². The summed E-state index contributed by atoms with van der Waals surface area (Å²) in [5.74, 6) is -1.28. The fourth-order valence-electron chi connectivity index (χ4n) is 2.31. The lowest BCUT2D eigenvalue weighted by Gasteiger charge is -2.15. The standard InChI is InChI=1S/C11H15N3O3/c15-10(9-4-5-13-14-9)12-6-7-2-1-3-8(7)11(16)17/h4-5,7-8H,1-3,6H2,(H,12,15)(H,13,14)(H,16,17). The van der Waals surface area contributed by atoms with Crippen molar-refractivity contribution in [1.29, 1.82) is 0 Å². The van der Waals surface area contributed by atoms with Crippen LogP contribution >= 0.6 is 0 Å². The third kappa shape index (κ3) is 2.64. The topological polar surface area (TPSA) is 95.1 Å². The predicted molar refractivity (Wildman–Crippen MR) is 59.4 cm³/mol. The van der Waals surface area contributed by atoms with Gasteiger partial charge in [0.25, 0.3) is 5.91 Å². The zero-order chi connectivity index (χ0) is 12.3. The maximum atomic E-state index is 11.6. The number of aromatic nitrogens is 2. The van der Waals surface area contributed by atoms with Crippen LogP contribution in [0.25, 0.3) is 0 Å². The largest absolute Gasteiger partial charge is 0.481 e. The number of carbonyl (C=O) groups is 2. The second-order valence-electron chi connectivity index (χ2n) is 4.32. The van der Waals surface area contributed by atoms with Gasteiger partial charge in [0.1, 0.15) is 5.69 Å². The van der Waals surface area contributed by atoms with Gasteiger partial charge in [-0.15, -0.1) is 0 Å². The van der Waals surface area contributed by atoms with Gasteiger partial charge in [0.05, 0.1) is 5.92 Å². The van der Waals surface area contributed by atoms with Crippen molar-refractivity contribution in [2.75, 3.05) is 6.54 Å². The van der Waals surface area contributed by atoms with Gasteiger partial charge >= 0.3 is 5.97 Å². The van der Waals surface area contributed by atoms with Crippen molar-refractivity contribution in [2.45, 2.75) is 19.3 Å². The summed E-state index contributed by atoms with van der Waals surface area (Å²) in [6, 6.07) is 1.58. The number of aliphatic carboxylic acids is 1. The van der Waals surface area contributed by atoms with E-state index in [9.17, 15) is 9.59 Å². The van der Waals surface area contributed by atoms with E-state index in [4.69, 9.17) is 5.11 Å². The molecule has 1 fully saturated rings. The molecule has 3 N–H and O–H groups in total. The molecule has 1 aromatic rings. The van der Waals surface area contributed by atoms with Crippen LogP contribution in [0.1, 0.15) is 29.8 Å². The van der Waals surface area contributed by atoms with Gasteiger partial charge in [0.15, 0.2) is 0 Å². The molecule has 1 heterocycles. The Hall–Kier alpha value is -1.85. The maximum Gasteiger partial charge on any atom is 0.306 e. The summed E-state index contributed by atoms with van der Waals surface area (Å²) in [6.07, 6.45) is 3.99. The Kier molecular flexibility index (Phi) is 3.41. The highest BCUT2D eigenvalue weighted by atomic mass is 16.4. The average Bonchev–Trinajstić information content (AvgIpc) is 2.96. The van der Waals surface area contributed by atoms with Gasteiger partial charge in [-0.05, 0) is 24.8 Å². The van der Waals surface area contributed by atoms with Gasteiger partial charge in [-0.3, -0.25) is 14.7 Å². The molecule has 6 heteroatoms. The Morgan fingerprint density at radius 1 is 1.53 bits per heavy atom. The summed E-state index contributed by atoms with van der Waals surface area (Å²) in [5.41, 5.74) is 0.398. The number of H-pyrrole nitrogens is 1. The Morgan fingerprint density at radius 3 is 3.00 bits per heavy atom. The SMILES string of the molecule is O=C(NCC1CCCC1C(=O)O)c1ccn[nH]1. The van der Waals surface area contributed by atoms with Gasteiger partial charge in [-0.25, -0.2) is 0 Å². The molecule has 0 spiro atoms. The number of aromatic amines is 1. The highest BCUT2D eigenvalue weighted by molar-refractivity contribution is 5.92. The molecule has 17 heavy (non-hydrogen) atoms. The van der Waals surface area contributed by atoms with Crippen LogP contribution in [0.3, 0.4) is 0 Å². The third-order valence-corrected chi connectivity index (χ3v) is 3.25. The first-order chi connectivity index (χ1) is 8.18. The van der Waals surface area contributed by atoms with Crippen LogP contribution in [-0.2, 0) is 4.79 Å². The highest BCUT2D eigenvalue weighted by Crippen LogP contribution is 2.31. The summed E-state index contributed by atoms with van der Waals surface area (Å²) >= 11 is 0. The van der Waals surface area contributed by atoms with E-state index < -0.39 is 5.97 Å². The molecule has 1 amide bonds. The molecule has 0 bridgehead atoms. The number of carboxylic acid groups (broad SMARTS) is 1. The minimum Gasteiger partial charge on any atom is -0.481 e. The van der Waals surface area contributed by atoms with Crippen LogP contribution in [0.2, 0.25) is 0 Å². The van der Waals surface area contributed by atoms with Crippen molar-refractivity contribution in [3.05, 3.63) is 18.0 Å². The van der Waals surface area contributed by atoms with Crippen LogP contribution in [0.5, 0.6) is 0 Å². The number of nitrogens with one attached hydrogen (secondary N) is 2. The molecule has 1 aliphatic rings. The molecule has 6 nitrogen and oxygen atoms in total. The molecule has 1 aromatic heterocycles. The highest BCUT2D eigenvalue weighted by Gasteiger charge is 2.32. The molecule has 0 radical (unpaired) electrons. The van der Waals surface area contributed by atoms with Crippen LogP contribution in [0.15, 0.2) is 12.3 Å². The number of rotatable bonds is 4. The Morgan fingerprint density at radius 2 is 2.35 bits per heavy atom. The van der Waals surface area contributed by atoms with Crippen molar-refractivity contribution in [2.24, 2.45) is 11.8 Å². The van der Waals surface area contributed by atoms with E-state index in [1.165, 1.54) is 6.20 Å². The summed E-state index contributed by atoms with van der Waals surface area (Å²) in [7, 11) is 0. The molecule has 1 aliphatic carbocycles. The van der Waals surface area contributed by atoms with E-state index in [1.807, 2.05) is 0 Å². The minimum absolute atomic E-state index is 0.0411. The lowest BCUT2D eigenvalue weighted by atomic mass is 9.96. The van der Waals surface area contributed by atoms with E-state index in [-0.39, 0.29) is 17.7 Å². The number of hydrogen-bond acceptors (Lipinski definition) is 3. The summed E-state index contributed by atoms with van der Waals surface area (Å²) in [5, 5.41) is 18.0. The van der Waals surface area contributed by atoms with E-state index in [2.05, 4.69) is 15.5 Å². The van der Waals surface area contributed by atoms with Crippen molar-refractivity contribution in [1.82, 2.24) is 15.5 Å². The molecule has 92 valence electrons. The molecule has 0 aliphatic heterocycles.